The van der Waals surface area contributed by atoms with Gasteiger partial charge in [-0.25, -0.2) is 0 Å². The van der Waals surface area contributed by atoms with Crippen LogP contribution in [0.2, 0.25) is 0 Å². The standard InChI is InChI=1S/C12H24N2O/c1-3-4-8-12(11-15-2)14-10-7-5-6-9-13/h12,14H,3-8,10-11H2,1-2H3. The van der Waals surface area contributed by atoms with Crippen molar-refractivity contribution in [2.45, 2.75) is 51.5 Å². The van der Waals surface area contributed by atoms with Gasteiger partial charge in [-0.2, -0.15) is 5.26 Å². The molecule has 0 heterocycles. The molecule has 0 aliphatic rings. The molecule has 1 atom stereocenters. The van der Waals surface area contributed by atoms with Crippen LogP contribution in [-0.4, -0.2) is 26.3 Å². The van der Waals surface area contributed by atoms with E-state index in [1.165, 1.54) is 19.3 Å². The van der Waals surface area contributed by atoms with Gasteiger partial charge in [0.05, 0.1) is 12.7 Å². The Labute approximate surface area is 93.8 Å². The van der Waals surface area contributed by atoms with Crippen LogP contribution >= 0.6 is 0 Å². The molecule has 0 rings (SSSR count). The van der Waals surface area contributed by atoms with E-state index in [0.29, 0.717) is 12.5 Å². The molecule has 0 aliphatic heterocycles. The molecule has 0 aromatic carbocycles. The summed E-state index contributed by atoms with van der Waals surface area (Å²) in [6.07, 6.45) is 6.42. The third-order valence-electron chi connectivity index (χ3n) is 2.42. The van der Waals surface area contributed by atoms with Crippen LogP contribution in [0, 0.1) is 11.3 Å². The minimum Gasteiger partial charge on any atom is -0.383 e. The van der Waals surface area contributed by atoms with Crippen molar-refractivity contribution in [1.82, 2.24) is 5.32 Å². The molecule has 0 amide bonds. The third kappa shape index (κ3) is 9.71. The molecule has 0 bridgehead atoms. The van der Waals surface area contributed by atoms with Crippen LogP contribution in [0.25, 0.3) is 0 Å². The minimum atomic E-state index is 0.483. The summed E-state index contributed by atoms with van der Waals surface area (Å²) in [5.41, 5.74) is 0. The molecule has 0 saturated heterocycles. The van der Waals surface area contributed by atoms with Crippen LogP contribution in [0.3, 0.4) is 0 Å². The predicted molar refractivity (Wildman–Crippen MR) is 62.7 cm³/mol. The first-order valence-corrected chi connectivity index (χ1v) is 5.94. The average Bonchev–Trinajstić information content (AvgIpc) is 2.25. The molecule has 1 N–H and O–H groups in total. The highest BCUT2D eigenvalue weighted by Crippen LogP contribution is 2.01. The molecule has 0 aromatic rings. The van der Waals surface area contributed by atoms with Crippen LogP contribution in [0.4, 0.5) is 0 Å². The van der Waals surface area contributed by atoms with Gasteiger partial charge < -0.3 is 10.1 Å². The van der Waals surface area contributed by atoms with Crippen molar-refractivity contribution in [3.8, 4) is 6.07 Å². The molecule has 3 heteroatoms. The molecule has 15 heavy (non-hydrogen) atoms. The van der Waals surface area contributed by atoms with Gasteiger partial charge in [0.25, 0.3) is 0 Å². The van der Waals surface area contributed by atoms with E-state index in [9.17, 15) is 0 Å². The number of hydrogen-bond donors (Lipinski definition) is 1. The first-order valence-electron chi connectivity index (χ1n) is 5.94. The van der Waals surface area contributed by atoms with E-state index in [-0.39, 0.29) is 0 Å². The van der Waals surface area contributed by atoms with Crippen molar-refractivity contribution in [2.75, 3.05) is 20.3 Å². The first-order chi connectivity index (χ1) is 7.35. The summed E-state index contributed by atoms with van der Waals surface area (Å²) >= 11 is 0. The Balaban J connectivity index is 3.43. The highest BCUT2D eigenvalue weighted by Gasteiger charge is 2.05. The molecule has 0 saturated carbocycles. The zero-order valence-electron chi connectivity index (χ0n) is 10.1. The molecule has 0 aliphatic carbocycles. The lowest BCUT2D eigenvalue weighted by Crippen LogP contribution is -2.33. The van der Waals surface area contributed by atoms with Crippen molar-refractivity contribution in [3.63, 3.8) is 0 Å². The zero-order valence-corrected chi connectivity index (χ0v) is 10.1. The number of unbranched alkanes of at least 4 members (excludes halogenated alkanes) is 3. The Morgan fingerprint density at radius 2 is 2.13 bits per heavy atom. The van der Waals surface area contributed by atoms with Crippen molar-refractivity contribution >= 4 is 0 Å². The maximum atomic E-state index is 8.38. The minimum absolute atomic E-state index is 0.483. The van der Waals surface area contributed by atoms with E-state index in [0.717, 1.165) is 26.0 Å². The van der Waals surface area contributed by atoms with Crippen LogP contribution in [0.15, 0.2) is 0 Å². The normalized spacial score (nSPS) is 12.3. The Morgan fingerprint density at radius 3 is 2.73 bits per heavy atom. The van der Waals surface area contributed by atoms with Gasteiger partial charge in [0.1, 0.15) is 0 Å². The van der Waals surface area contributed by atoms with Gasteiger partial charge in [-0.15, -0.1) is 0 Å². The van der Waals surface area contributed by atoms with Gasteiger partial charge in [-0.3, -0.25) is 0 Å². The van der Waals surface area contributed by atoms with E-state index in [2.05, 4.69) is 18.3 Å². The fourth-order valence-corrected chi connectivity index (χ4v) is 1.53. The molecular formula is C12H24N2O. The smallest absolute Gasteiger partial charge is 0.0621 e. The zero-order chi connectivity index (χ0) is 11.4. The van der Waals surface area contributed by atoms with Gasteiger partial charge in [0.15, 0.2) is 0 Å². The van der Waals surface area contributed by atoms with Gasteiger partial charge in [0.2, 0.25) is 0 Å². The molecule has 0 fully saturated rings. The molecular weight excluding hydrogens is 188 g/mol. The Hall–Kier alpha value is -0.590. The number of ether oxygens (including phenoxy) is 1. The lowest BCUT2D eigenvalue weighted by molar-refractivity contribution is 0.161. The largest absolute Gasteiger partial charge is 0.383 e. The SMILES string of the molecule is CCCCC(COC)NCCCCC#N. The van der Waals surface area contributed by atoms with Gasteiger partial charge in [0, 0.05) is 19.6 Å². The maximum Gasteiger partial charge on any atom is 0.0621 e. The summed E-state index contributed by atoms with van der Waals surface area (Å²) in [5, 5.41) is 11.9. The fourth-order valence-electron chi connectivity index (χ4n) is 1.53. The summed E-state index contributed by atoms with van der Waals surface area (Å²) in [5.74, 6) is 0. The van der Waals surface area contributed by atoms with Crippen molar-refractivity contribution in [1.29, 1.82) is 5.26 Å². The van der Waals surface area contributed by atoms with Crippen molar-refractivity contribution in [3.05, 3.63) is 0 Å². The van der Waals surface area contributed by atoms with E-state index < -0.39 is 0 Å². The Morgan fingerprint density at radius 1 is 1.33 bits per heavy atom. The molecule has 88 valence electrons. The summed E-state index contributed by atoms with van der Waals surface area (Å²) < 4.78 is 5.16. The topological polar surface area (TPSA) is 45.0 Å². The monoisotopic (exact) mass is 212 g/mol. The second kappa shape index (κ2) is 11.5. The summed E-state index contributed by atoms with van der Waals surface area (Å²) in [6, 6.07) is 2.65. The highest BCUT2D eigenvalue weighted by atomic mass is 16.5. The number of nitriles is 1. The van der Waals surface area contributed by atoms with Gasteiger partial charge >= 0.3 is 0 Å². The van der Waals surface area contributed by atoms with Crippen LogP contribution in [0.1, 0.15) is 45.4 Å². The van der Waals surface area contributed by atoms with E-state index in [1.807, 2.05) is 0 Å². The number of nitrogens with zero attached hydrogens (tertiary/aromatic N) is 1. The van der Waals surface area contributed by atoms with Gasteiger partial charge in [-0.05, 0) is 25.8 Å². The third-order valence-corrected chi connectivity index (χ3v) is 2.42. The summed E-state index contributed by atoms with van der Waals surface area (Å²) in [4.78, 5) is 0. The Kier molecular flexibility index (Phi) is 11.0. The van der Waals surface area contributed by atoms with E-state index in [1.54, 1.807) is 7.11 Å². The molecule has 0 aromatic heterocycles. The van der Waals surface area contributed by atoms with Gasteiger partial charge in [-0.1, -0.05) is 19.8 Å². The van der Waals surface area contributed by atoms with Crippen LogP contribution in [0.5, 0.6) is 0 Å². The first kappa shape index (κ1) is 14.4. The van der Waals surface area contributed by atoms with Crippen LogP contribution < -0.4 is 5.32 Å². The van der Waals surface area contributed by atoms with Crippen molar-refractivity contribution in [2.24, 2.45) is 0 Å². The van der Waals surface area contributed by atoms with E-state index in [4.69, 9.17) is 10.00 Å². The second-order valence-electron chi connectivity index (χ2n) is 3.86. The molecule has 3 nitrogen and oxygen atoms in total. The van der Waals surface area contributed by atoms with Crippen molar-refractivity contribution < 1.29 is 4.74 Å². The summed E-state index contributed by atoms with van der Waals surface area (Å²) in [7, 11) is 1.75. The fraction of sp³-hybridized carbons (Fsp3) is 0.917. The quantitative estimate of drug-likeness (QED) is 0.566. The number of rotatable bonds is 10. The lowest BCUT2D eigenvalue weighted by Gasteiger charge is -2.17. The highest BCUT2D eigenvalue weighted by molar-refractivity contribution is 4.70. The average molecular weight is 212 g/mol. The molecule has 1 unspecified atom stereocenters. The predicted octanol–water partition coefficient (Wildman–Crippen LogP) is 2.48. The molecule has 0 spiro atoms. The maximum absolute atomic E-state index is 8.38. The van der Waals surface area contributed by atoms with E-state index >= 15 is 0 Å². The van der Waals surface area contributed by atoms with Crippen LogP contribution in [-0.2, 0) is 4.74 Å². The lowest BCUT2D eigenvalue weighted by atomic mass is 10.1. The summed E-state index contributed by atoms with van der Waals surface area (Å²) in [6.45, 7) is 3.99. The second-order valence-corrected chi connectivity index (χ2v) is 3.86. The number of nitrogens with one attached hydrogen (secondary N) is 1. The Bertz CT molecular complexity index is 165. The number of hydrogen-bond acceptors (Lipinski definition) is 3. The molecule has 0 radical (unpaired) electrons. The number of methoxy groups -OCH3 is 1.